The van der Waals surface area contributed by atoms with Crippen molar-refractivity contribution in [2.24, 2.45) is 0 Å². The van der Waals surface area contributed by atoms with E-state index in [2.05, 4.69) is 30.3 Å². The molecule has 1 aromatic carbocycles. The molecule has 0 saturated carbocycles. The Morgan fingerprint density at radius 1 is 1.38 bits per heavy atom. The van der Waals surface area contributed by atoms with E-state index >= 15 is 0 Å². The minimum atomic E-state index is -0.271. The first-order chi connectivity index (χ1) is 7.43. The van der Waals surface area contributed by atoms with Crippen molar-refractivity contribution in [3.63, 3.8) is 0 Å². The van der Waals surface area contributed by atoms with Crippen LogP contribution in [-0.4, -0.2) is 9.55 Å². The third-order valence-electron chi connectivity index (χ3n) is 2.48. The molecule has 0 atom stereocenters. The molecule has 2 aromatic rings. The van der Waals surface area contributed by atoms with E-state index in [1.807, 2.05) is 0 Å². The van der Waals surface area contributed by atoms with Gasteiger partial charge in [0.05, 0.1) is 16.9 Å². The second kappa shape index (κ2) is 3.74. The fourth-order valence-electron chi connectivity index (χ4n) is 1.94. The van der Waals surface area contributed by atoms with E-state index in [0.29, 0.717) is 11.4 Å². The lowest BCUT2D eigenvalue weighted by molar-refractivity contribution is 0.398. The topological polar surface area (TPSA) is 17.8 Å². The van der Waals surface area contributed by atoms with Crippen LogP contribution in [0.5, 0.6) is 0 Å². The van der Waals surface area contributed by atoms with Gasteiger partial charge in [-0.2, -0.15) is 0 Å². The van der Waals surface area contributed by atoms with Gasteiger partial charge in [0.25, 0.3) is 0 Å². The second-order valence-corrected chi connectivity index (χ2v) is 5.07. The minimum absolute atomic E-state index is 0.114. The van der Waals surface area contributed by atoms with Crippen LogP contribution in [0, 0.1) is 5.82 Å². The molecule has 0 unspecified atom stereocenters. The van der Waals surface area contributed by atoms with Crippen LogP contribution in [0.15, 0.2) is 18.2 Å². The van der Waals surface area contributed by atoms with E-state index in [1.54, 1.807) is 6.07 Å². The van der Waals surface area contributed by atoms with Crippen molar-refractivity contribution in [3.05, 3.63) is 29.8 Å². The van der Waals surface area contributed by atoms with Gasteiger partial charge in [0, 0.05) is 11.6 Å². The second-order valence-electron chi connectivity index (χ2n) is 4.80. The third kappa shape index (κ3) is 1.80. The molecule has 0 aliphatic rings. The molecule has 0 saturated heterocycles. The number of imidazole rings is 1. The predicted molar refractivity (Wildman–Crippen MR) is 64.2 cm³/mol. The summed E-state index contributed by atoms with van der Waals surface area (Å²) in [5.74, 6) is 0.829. The molecule has 16 heavy (non-hydrogen) atoms. The maximum absolute atomic E-state index is 13.1. The fourth-order valence-corrected chi connectivity index (χ4v) is 2.12. The molecular formula is C12H14ClFN2. The molecule has 2 rings (SSSR count). The average Bonchev–Trinajstić information content (AvgIpc) is 2.54. The summed E-state index contributed by atoms with van der Waals surface area (Å²) >= 11 is 5.87. The highest BCUT2D eigenvalue weighted by molar-refractivity contribution is 6.16. The highest BCUT2D eigenvalue weighted by Crippen LogP contribution is 2.26. The number of hydrogen-bond donors (Lipinski definition) is 0. The number of hydrogen-bond acceptors (Lipinski definition) is 1. The van der Waals surface area contributed by atoms with E-state index in [0.717, 1.165) is 11.3 Å². The number of rotatable bonds is 1. The number of fused-ring (bicyclic) bond motifs is 1. The van der Waals surface area contributed by atoms with Crippen LogP contribution >= 0.6 is 11.6 Å². The number of nitrogens with zero attached hydrogens (tertiary/aromatic N) is 2. The maximum atomic E-state index is 13.1. The summed E-state index contributed by atoms with van der Waals surface area (Å²) in [6.45, 7) is 6.23. The lowest BCUT2D eigenvalue weighted by Gasteiger charge is -2.24. The number of alkyl halides is 1. The van der Waals surface area contributed by atoms with Crippen molar-refractivity contribution < 1.29 is 4.39 Å². The molecule has 4 heteroatoms. The van der Waals surface area contributed by atoms with Gasteiger partial charge < -0.3 is 4.57 Å². The molecule has 0 spiro atoms. The predicted octanol–water partition coefficient (Wildman–Crippen LogP) is 3.67. The molecule has 1 aromatic heterocycles. The third-order valence-corrected chi connectivity index (χ3v) is 2.72. The van der Waals surface area contributed by atoms with Gasteiger partial charge in [-0.3, -0.25) is 0 Å². The summed E-state index contributed by atoms with van der Waals surface area (Å²) in [6.07, 6.45) is 0. The van der Waals surface area contributed by atoms with Gasteiger partial charge in [-0.15, -0.1) is 11.6 Å². The van der Waals surface area contributed by atoms with E-state index < -0.39 is 0 Å². The molecule has 0 radical (unpaired) electrons. The first-order valence-corrected chi connectivity index (χ1v) is 5.70. The van der Waals surface area contributed by atoms with Crippen LogP contribution in [0.2, 0.25) is 0 Å². The zero-order valence-corrected chi connectivity index (χ0v) is 10.3. The van der Waals surface area contributed by atoms with Crippen LogP contribution in [0.1, 0.15) is 26.6 Å². The SMILES string of the molecule is CC(C)(C)n1c(CCl)nc2cc(F)ccc21. The van der Waals surface area contributed by atoms with Gasteiger partial charge in [-0.25, -0.2) is 9.37 Å². The first-order valence-electron chi connectivity index (χ1n) is 5.17. The molecule has 0 fully saturated rings. The Kier molecular flexibility index (Phi) is 2.66. The van der Waals surface area contributed by atoms with Crippen LogP contribution in [0.25, 0.3) is 11.0 Å². The zero-order chi connectivity index (χ0) is 11.9. The minimum Gasteiger partial charge on any atom is -0.322 e. The lowest BCUT2D eigenvalue weighted by Crippen LogP contribution is -2.23. The van der Waals surface area contributed by atoms with Crippen LogP contribution in [0.3, 0.4) is 0 Å². The summed E-state index contributed by atoms with van der Waals surface area (Å²) < 4.78 is 15.1. The summed E-state index contributed by atoms with van der Waals surface area (Å²) in [4.78, 5) is 4.35. The van der Waals surface area contributed by atoms with Crippen LogP contribution in [0.4, 0.5) is 4.39 Å². The Labute approximate surface area is 99.0 Å². The first kappa shape index (κ1) is 11.4. The summed E-state index contributed by atoms with van der Waals surface area (Å²) in [5.41, 5.74) is 1.46. The van der Waals surface area contributed by atoms with E-state index in [-0.39, 0.29) is 11.4 Å². The van der Waals surface area contributed by atoms with Gasteiger partial charge >= 0.3 is 0 Å². The molecule has 0 aliphatic carbocycles. The van der Waals surface area contributed by atoms with Gasteiger partial charge in [-0.1, -0.05) is 0 Å². The van der Waals surface area contributed by atoms with Crippen molar-refractivity contribution >= 4 is 22.6 Å². The number of benzene rings is 1. The van der Waals surface area contributed by atoms with Crippen molar-refractivity contribution in [1.29, 1.82) is 0 Å². The fraction of sp³-hybridized carbons (Fsp3) is 0.417. The van der Waals surface area contributed by atoms with E-state index in [1.165, 1.54) is 12.1 Å². The lowest BCUT2D eigenvalue weighted by atomic mass is 10.1. The quantitative estimate of drug-likeness (QED) is 0.696. The van der Waals surface area contributed by atoms with Crippen LogP contribution in [-0.2, 0) is 11.4 Å². The molecule has 0 bridgehead atoms. The summed E-state index contributed by atoms with van der Waals surface area (Å²) in [7, 11) is 0. The zero-order valence-electron chi connectivity index (χ0n) is 9.59. The highest BCUT2D eigenvalue weighted by atomic mass is 35.5. The normalized spacial score (nSPS) is 12.3. The van der Waals surface area contributed by atoms with Gasteiger partial charge in [0.1, 0.15) is 11.6 Å². The Bertz CT molecular complexity index is 526. The number of aromatic nitrogens is 2. The standard InChI is InChI=1S/C12H14ClFN2/c1-12(2,3)16-10-5-4-8(14)6-9(10)15-11(16)7-13/h4-6H,7H2,1-3H3. The van der Waals surface area contributed by atoms with Crippen molar-refractivity contribution in [3.8, 4) is 0 Å². The van der Waals surface area contributed by atoms with Crippen molar-refractivity contribution in [2.75, 3.05) is 0 Å². The molecular weight excluding hydrogens is 227 g/mol. The Hall–Kier alpha value is -1.09. The van der Waals surface area contributed by atoms with Crippen LogP contribution < -0.4 is 0 Å². The molecule has 0 N–H and O–H groups in total. The van der Waals surface area contributed by atoms with Gasteiger partial charge in [-0.05, 0) is 32.9 Å². The molecule has 0 aliphatic heterocycles. The summed E-state index contributed by atoms with van der Waals surface area (Å²) in [5, 5.41) is 0. The van der Waals surface area contributed by atoms with Gasteiger partial charge in [0.2, 0.25) is 0 Å². The van der Waals surface area contributed by atoms with Crippen molar-refractivity contribution in [1.82, 2.24) is 9.55 Å². The molecule has 0 amide bonds. The van der Waals surface area contributed by atoms with E-state index in [9.17, 15) is 4.39 Å². The number of halogens is 2. The monoisotopic (exact) mass is 240 g/mol. The largest absolute Gasteiger partial charge is 0.322 e. The van der Waals surface area contributed by atoms with Gasteiger partial charge in [0.15, 0.2) is 0 Å². The molecule has 1 heterocycles. The Morgan fingerprint density at radius 2 is 2.06 bits per heavy atom. The maximum Gasteiger partial charge on any atom is 0.125 e. The van der Waals surface area contributed by atoms with Crippen molar-refractivity contribution in [2.45, 2.75) is 32.2 Å². The van der Waals surface area contributed by atoms with E-state index in [4.69, 9.17) is 11.6 Å². The Morgan fingerprint density at radius 3 is 2.62 bits per heavy atom. The highest BCUT2D eigenvalue weighted by Gasteiger charge is 2.20. The summed E-state index contributed by atoms with van der Waals surface area (Å²) in [6, 6.07) is 4.64. The Balaban J connectivity index is 2.79. The molecule has 86 valence electrons. The average molecular weight is 241 g/mol. The smallest absolute Gasteiger partial charge is 0.125 e. The molecule has 2 nitrogen and oxygen atoms in total.